The minimum Gasteiger partial charge on any atom is -0.394 e. The van der Waals surface area contributed by atoms with Crippen molar-refractivity contribution in [1.29, 1.82) is 0 Å². The Morgan fingerprint density at radius 2 is 2.00 bits per heavy atom. The standard InChI is InChI=1S/C9H20N2O4/c1-2-3-11-9-6(10)8(14)7(13)5(4-12)15-9/h5-9,11-14H,2-4,10H2,1H3/t5-,6-,7-,8-,9?/m1/s1. The number of aliphatic hydroxyl groups is 3. The molecule has 1 unspecified atom stereocenters. The zero-order chi connectivity index (χ0) is 11.4. The second kappa shape index (κ2) is 5.74. The molecule has 5 atom stereocenters. The van der Waals surface area contributed by atoms with Crippen molar-refractivity contribution in [1.82, 2.24) is 5.32 Å². The normalized spacial score (nSPS) is 41.8. The summed E-state index contributed by atoms with van der Waals surface area (Å²) in [6, 6.07) is -0.686. The molecule has 0 aromatic carbocycles. The second-order valence-corrected chi connectivity index (χ2v) is 3.79. The number of nitrogens with one attached hydrogen (secondary N) is 1. The lowest BCUT2D eigenvalue weighted by atomic mass is 9.97. The van der Waals surface area contributed by atoms with Gasteiger partial charge in [0.05, 0.1) is 12.6 Å². The second-order valence-electron chi connectivity index (χ2n) is 3.79. The first-order chi connectivity index (χ1) is 7.11. The summed E-state index contributed by atoms with van der Waals surface area (Å²) in [5, 5.41) is 31.1. The van der Waals surface area contributed by atoms with Crippen molar-refractivity contribution in [3.8, 4) is 0 Å². The third-order valence-corrected chi connectivity index (χ3v) is 2.57. The van der Waals surface area contributed by atoms with Crippen LogP contribution >= 0.6 is 0 Å². The van der Waals surface area contributed by atoms with E-state index in [0.717, 1.165) is 6.42 Å². The van der Waals surface area contributed by atoms with Gasteiger partial charge in [-0.2, -0.15) is 0 Å². The summed E-state index contributed by atoms with van der Waals surface area (Å²) in [6.07, 6.45) is -2.61. The largest absolute Gasteiger partial charge is 0.394 e. The molecule has 6 heteroatoms. The fourth-order valence-electron chi connectivity index (χ4n) is 1.61. The summed E-state index contributed by atoms with van der Waals surface area (Å²) in [5.41, 5.74) is 5.69. The quantitative estimate of drug-likeness (QED) is 0.366. The van der Waals surface area contributed by atoms with Gasteiger partial charge in [-0.1, -0.05) is 6.92 Å². The number of ether oxygens (including phenoxy) is 1. The highest BCUT2D eigenvalue weighted by Crippen LogP contribution is 2.18. The van der Waals surface area contributed by atoms with Crippen LogP contribution < -0.4 is 11.1 Å². The van der Waals surface area contributed by atoms with Crippen molar-refractivity contribution in [2.75, 3.05) is 13.2 Å². The third kappa shape index (κ3) is 2.87. The first-order valence-corrected chi connectivity index (χ1v) is 5.23. The van der Waals surface area contributed by atoms with Crippen molar-refractivity contribution in [2.45, 2.75) is 43.9 Å². The average Bonchev–Trinajstić information content (AvgIpc) is 2.25. The Bertz CT molecular complexity index is 191. The minimum atomic E-state index is -1.13. The van der Waals surface area contributed by atoms with Crippen LogP contribution in [0.15, 0.2) is 0 Å². The van der Waals surface area contributed by atoms with Gasteiger partial charge in [0.25, 0.3) is 0 Å². The average molecular weight is 220 g/mol. The van der Waals surface area contributed by atoms with E-state index < -0.39 is 30.6 Å². The molecule has 0 aromatic heterocycles. The van der Waals surface area contributed by atoms with Crippen molar-refractivity contribution < 1.29 is 20.1 Å². The van der Waals surface area contributed by atoms with Gasteiger partial charge in [0, 0.05) is 0 Å². The fraction of sp³-hybridized carbons (Fsp3) is 1.00. The van der Waals surface area contributed by atoms with Crippen LogP contribution in [0.4, 0.5) is 0 Å². The molecule has 0 aliphatic carbocycles. The molecule has 0 saturated carbocycles. The Balaban J connectivity index is 2.57. The van der Waals surface area contributed by atoms with E-state index in [2.05, 4.69) is 5.32 Å². The number of aliphatic hydroxyl groups excluding tert-OH is 3. The van der Waals surface area contributed by atoms with Crippen LogP contribution in [0.2, 0.25) is 0 Å². The maximum absolute atomic E-state index is 9.61. The molecule has 1 aliphatic rings. The van der Waals surface area contributed by atoms with Gasteiger partial charge in [-0.05, 0) is 13.0 Å². The van der Waals surface area contributed by atoms with Crippen LogP contribution in [-0.2, 0) is 4.74 Å². The zero-order valence-corrected chi connectivity index (χ0v) is 8.84. The highest BCUT2D eigenvalue weighted by Gasteiger charge is 2.41. The SMILES string of the molecule is CCCNC1O[C@H](CO)[C@@H](O)[C@H](O)[C@H]1N. The molecule has 0 aromatic rings. The van der Waals surface area contributed by atoms with Crippen LogP contribution in [0.25, 0.3) is 0 Å². The Hall–Kier alpha value is -0.240. The number of hydrogen-bond acceptors (Lipinski definition) is 6. The Kier molecular flexibility index (Phi) is 4.91. The molecule has 1 fully saturated rings. The van der Waals surface area contributed by atoms with Crippen molar-refractivity contribution in [3.63, 3.8) is 0 Å². The monoisotopic (exact) mass is 220 g/mol. The lowest BCUT2D eigenvalue weighted by Crippen LogP contribution is -2.65. The zero-order valence-electron chi connectivity index (χ0n) is 8.84. The summed E-state index contributed by atoms with van der Waals surface area (Å²) in [5.74, 6) is 0. The van der Waals surface area contributed by atoms with E-state index >= 15 is 0 Å². The lowest BCUT2D eigenvalue weighted by molar-refractivity contribution is -0.196. The van der Waals surface area contributed by atoms with Crippen LogP contribution in [0.1, 0.15) is 13.3 Å². The van der Waals surface area contributed by atoms with Crippen molar-refractivity contribution >= 4 is 0 Å². The maximum Gasteiger partial charge on any atom is 0.126 e. The van der Waals surface area contributed by atoms with Gasteiger partial charge in [0.2, 0.25) is 0 Å². The van der Waals surface area contributed by atoms with Gasteiger partial charge in [-0.3, -0.25) is 5.32 Å². The van der Waals surface area contributed by atoms with Gasteiger partial charge in [-0.25, -0.2) is 0 Å². The molecule has 0 bridgehead atoms. The lowest BCUT2D eigenvalue weighted by Gasteiger charge is -2.41. The molecule has 1 rings (SSSR count). The van der Waals surface area contributed by atoms with Crippen LogP contribution in [0.3, 0.4) is 0 Å². The first-order valence-electron chi connectivity index (χ1n) is 5.23. The highest BCUT2D eigenvalue weighted by molar-refractivity contribution is 4.93. The molecule has 90 valence electrons. The van der Waals surface area contributed by atoms with E-state index in [1.807, 2.05) is 6.92 Å². The molecule has 1 saturated heterocycles. The van der Waals surface area contributed by atoms with Gasteiger partial charge in [0.1, 0.15) is 24.5 Å². The molecule has 0 spiro atoms. The summed E-state index contributed by atoms with van der Waals surface area (Å²) in [4.78, 5) is 0. The number of rotatable bonds is 4. The van der Waals surface area contributed by atoms with Gasteiger partial charge >= 0.3 is 0 Å². The number of hydrogen-bond donors (Lipinski definition) is 5. The van der Waals surface area contributed by atoms with E-state index in [4.69, 9.17) is 15.6 Å². The first kappa shape index (κ1) is 12.8. The van der Waals surface area contributed by atoms with Gasteiger partial charge in [-0.15, -0.1) is 0 Å². The predicted molar refractivity (Wildman–Crippen MR) is 54.0 cm³/mol. The maximum atomic E-state index is 9.61. The molecule has 6 N–H and O–H groups in total. The minimum absolute atomic E-state index is 0.338. The van der Waals surface area contributed by atoms with E-state index in [9.17, 15) is 10.2 Å². The third-order valence-electron chi connectivity index (χ3n) is 2.57. The molecule has 0 amide bonds. The van der Waals surface area contributed by atoms with E-state index in [1.165, 1.54) is 0 Å². The van der Waals surface area contributed by atoms with E-state index in [0.29, 0.717) is 6.54 Å². The van der Waals surface area contributed by atoms with Gasteiger partial charge in [0.15, 0.2) is 0 Å². The van der Waals surface area contributed by atoms with E-state index in [-0.39, 0.29) is 6.61 Å². The molecule has 15 heavy (non-hydrogen) atoms. The molecule has 6 nitrogen and oxygen atoms in total. The summed E-state index contributed by atoms with van der Waals surface area (Å²) < 4.78 is 5.34. The molecule has 0 radical (unpaired) electrons. The van der Waals surface area contributed by atoms with Crippen LogP contribution in [-0.4, -0.2) is 59.1 Å². The Morgan fingerprint density at radius 3 is 2.53 bits per heavy atom. The van der Waals surface area contributed by atoms with Crippen LogP contribution in [0, 0.1) is 0 Å². The molecular weight excluding hydrogens is 200 g/mol. The predicted octanol–water partition coefficient (Wildman–Crippen LogP) is -2.25. The topological polar surface area (TPSA) is 108 Å². The van der Waals surface area contributed by atoms with Crippen molar-refractivity contribution in [2.24, 2.45) is 5.73 Å². The fourth-order valence-corrected chi connectivity index (χ4v) is 1.61. The summed E-state index contributed by atoms with van der Waals surface area (Å²) in [6.45, 7) is 2.37. The van der Waals surface area contributed by atoms with Gasteiger partial charge < -0.3 is 25.8 Å². The molecular formula is C9H20N2O4. The highest BCUT2D eigenvalue weighted by atomic mass is 16.5. The number of nitrogens with two attached hydrogens (primary N) is 1. The summed E-state index contributed by atoms with van der Waals surface area (Å²) >= 11 is 0. The summed E-state index contributed by atoms with van der Waals surface area (Å²) in [7, 11) is 0. The van der Waals surface area contributed by atoms with E-state index in [1.54, 1.807) is 0 Å². The Labute approximate surface area is 89.0 Å². The van der Waals surface area contributed by atoms with Crippen molar-refractivity contribution in [3.05, 3.63) is 0 Å². The smallest absolute Gasteiger partial charge is 0.126 e. The molecule has 1 aliphatic heterocycles. The Morgan fingerprint density at radius 1 is 1.33 bits per heavy atom. The molecule has 1 heterocycles. The van der Waals surface area contributed by atoms with Crippen LogP contribution in [0.5, 0.6) is 0 Å².